The van der Waals surface area contributed by atoms with Crippen LogP contribution in [0.2, 0.25) is 0 Å². The first-order valence-corrected chi connectivity index (χ1v) is 4.99. The summed E-state index contributed by atoms with van der Waals surface area (Å²) in [7, 11) is 0. The fourth-order valence-electron chi connectivity index (χ4n) is 1.38. The quantitative estimate of drug-likeness (QED) is 0.605. The van der Waals surface area contributed by atoms with Gasteiger partial charge in [-0.2, -0.15) is 13.2 Å². The third-order valence-electron chi connectivity index (χ3n) is 2.72. The smallest absolute Gasteiger partial charge is 0.320 e. The Morgan fingerprint density at radius 3 is 2.39 bits per heavy atom. The van der Waals surface area contributed by atoms with Gasteiger partial charge in [0.1, 0.15) is 12.6 Å². The number of carbonyl (C=O) groups is 3. The van der Waals surface area contributed by atoms with Crippen molar-refractivity contribution in [1.82, 2.24) is 10.2 Å². The minimum atomic E-state index is -4.97. The van der Waals surface area contributed by atoms with Crippen molar-refractivity contribution >= 4 is 17.7 Å². The van der Waals surface area contributed by atoms with Crippen LogP contribution in [0.3, 0.4) is 0 Å². The van der Waals surface area contributed by atoms with Crippen LogP contribution >= 0.6 is 0 Å². The highest BCUT2D eigenvalue weighted by Gasteiger charge is 2.56. The molecular formula is C9H12F3N3O3. The predicted molar refractivity (Wildman–Crippen MR) is 53.0 cm³/mol. The minimum absolute atomic E-state index is 0.499. The van der Waals surface area contributed by atoms with E-state index in [1.165, 1.54) is 6.92 Å². The molecule has 0 aromatic heterocycles. The number of imide groups is 1. The van der Waals surface area contributed by atoms with Gasteiger partial charge in [-0.15, -0.1) is 0 Å². The van der Waals surface area contributed by atoms with Crippen molar-refractivity contribution in [1.29, 1.82) is 0 Å². The zero-order chi connectivity index (χ0) is 14.3. The highest BCUT2D eigenvalue weighted by atomic mass is 19.4. The van der Waals surface area contributed by atoms with Gasteiger partial charge in [-0.1, -0.05) is 0 Å². The number of halogens is 3. The van der Waals surface area contributed by atoms with Crippen molar-refractivity contribution in [3.8, 4) is 0 Å². The van der Waals surface area contributed by atoms with Crippen molar-refractivity contribution in [3.63, 3.8) is 0 Å². The van der Waals surface area contributed by atoms with E-state index in [0.29, 0.717) is 11.8 Å². The Kier molecular flexibility index (Phi) is 3.39. The lowest BCUT2D eigenvalue weighted by atomic mass is 9.99. The summed E-state index contributed by atoms with van der Waals surface area (Å²) in [4.78, 5) is 34.5. The third-order valence-corrected chi connectivity index (χ3v) is 2.72. The number of piperazine rings is 1. The largest absolute Gasteiger partial charge is 0.415 e. The molecule has 18 heavy (non-hydrogen) atoms. The van der Waals surface area contributed by atoms with Crippen molar-refractivity contribution in [3.05, 3.63) is 0 Å². The summed E-state index contributed by atoms with van der Waals surface area (Å²) >= 11 is 0. The molecular weight excluding hydrogens is 255 g/mol. The third kappa shape index (κ3) is 2.30. The number of alkyl halides is 3. The molecule has 2 unspecified atom stereocenters. The Hall–Kier alpha value is -1.64. The molecule has 0 aromatic carbocycles. The summed E-state index contributed by atoms with van der Waals surface area (Å²) in [5.74, 6) is -3.19. The van der Waals surface area contributed by atoms with Crippen LogP contribution < -0.4 is 11.1 Å². The van der Waals surface area contributed by atoms with Gasteiger partial charge in [-0.05, 0) is 13.8 Å². The van der Waals surface area contributed by atoms with E-state index in [1.54, 1.807) is 0 Å². The maximum atomic E-state index is 12.6. The molecule has 0 spiro atoms. The molecule has 1 saturated heterocycles. The molecule has 3 N–H and O–H groups in total. The molecule has 0 saturated carbocycles. The lowest BCUT2D eigenvalue weighted by Gasteiger charge is -2.37. The van der Waals surface area contributed by atoms with E-state index in [2.05, 4.69) is 0 Å². The average molecular weight is 267 g/mol. The van der Waals surface area contributed by atoms with Crippen LogP contribution in [0.1, 0.15) is 13.8 Å². The van der Waals surface area contributed by atoms with Gasteiger partial charge < -0.3 is 10.6 Å². The topological polar surface area (TPSA) is 92.5 Å². The molecule has 2 atom stereocenters. The van der Waals surface area contributed by atoms with Gasteiger partial charge >= 0.3 is 6.18 Å². The first kappa shape index (κ1) is 14.4. The summed E-state index contributed by atoms with van der Waals surface area (Å²) in [6.07, 6.45) is -4.97. The van der Waals surface area contributed by atoms with Crippen molar-refractivity contribution < 1.29 is 27.6 Å². The fourth-order valence-corrected chi connectivity index (χ4v) is 1.38. The highest BCUT2D eigenvalue weighted by molar-refractivity contribution is 6.05. The van der Waals surface area contributed by atoms with E-state index in [0.717, 1.165) is 0 Å². The molecule has 102 valence electrons. The summed E-state index contributed by atoms with van der Waals surface area (Å²) in [6.45, 7) is 1.08. The molecule has 1 heterocycles. The van der Waals surface area contributed by atoms with Crippen molar-refractivity contribution in [2.75, 3.05) is 6.54 Å². The zero-order valence-corrected chi connectivity index (χ0v) is 9.67. The van der Waals surface area contributed by atoms with Crippen LogP contribution in [0.4, 0.5) is 13.2 Å². The van der Waals surface area contributed by atoms with Gasteiger partial charge in [-0.3, -0.25) is 19.7 Å². The molecule has 6 nitrogen and oxygen atoms in total. The van der Waals surface area contributed by atoms with E-state index in [4.69, 9.17) is 5.73 Å². The van der Waals surface area contributed by atoms with Crippen molar-refractivity contribution in [2.24, 2.45) is 5.73 Å². The maximum Gasteiger partial charge on any atom is 0.415 e. The van der Waals surface area contributed by atoms with Crippen LogP contribution in [0.15, 0.2) is 0 Å². The fraction of sp³-hybridized carbons (Fsp3) is 0.667. The van der Waals surface area contributed by atoms with E-state index in [9.17, 15) is 27.6 Å². The molecule has 1 rings (SSSR count). The molecule has 9 heteroatoms. The van der Waals surface area contributed by atoms with Crippen LogP contribution in [0.5, 0.6) is 0 Å². The minimum Gasteiger partial charge on any atom is -0.320 e. The molecule has 0 bridgehead atoms. The number of hydrogen-bond donors (Lipinski definition) is 2. The van der Waals surface area contributed by atoms with Gasteiger partial charge in [0.05, 0.1) is 0 Å². The second-order valence-electron chi connectivity index (χ2n) is 4.22. The monoisotopic (exact) mass is 267 g/mol. The normalized spacial score (nSPS) is 24.6. The number of nitrogens with two attached hydrogens (primary N) is 1. The summed E-state index contributed by atoms with van der Waals surface area (Å²) < 4.78 is 37.8. The van der Waals surface area contributed by atoms with E-state index < -0.39 is 42.0 Å². The molecule has 1 aliphatic heterocycles. The van der Waals surface area contributed by atoms with Crippen LogP contribution in [0, 0.1) is 0 Å². The van der Waals surface area contributed by atoms with E-state index in [-0.39, 0.29) is 0 Å². The van der Waals surface area contributed by atoms with Gasteiger partial charge in [-0.25, -0.2) is 0 Å². The highest BCUT2D eigenvalue weighted by Crippen LogP contribution is 2.30. The van der Waals surface area contributed by atoms with E-state index >= 15 is 0 Å². The SMILES string of the molecule is CC1C(=O)NC(=O)CN1C(=O)C(C)(N)C(F)(F)F. The second-order valence-corrected chi connectivity index (χ2v) is 4.22. The Balaban J connectivity index is 3.03. The number of amides is 3. The first-order chi connectivity index (χ1) is 7.98. The Bertz CT molecular complexity index is 406. The number of nitrogens with one attached hydrogen (secondary N) is 1. The van der Waals surface area contributed by atoms with Gasteiger partial charge in [0.15, 0.2) is 5.54 Å². The molecule has 3 amide bonds. The van der Waals surface area contributed by atoms with Gasteiger partial charge in [0.25, 0.3) is 5.91 Å². The van der Waals surface area contributed by atoms with Gasteiger partial charge in [0.2, 0.25) is 11.8 Å². The molecule has 0 aliphatic carbocycles. The van der Waals surface area contributed by atoms with E-state index in [1.807, 2.05) is 5.32 Å². The molecule has 0 aromatic rings. The lowest BCUT2D eigenvalue weighted by Crippen LogP contribution is -2.68. The van der Waals surface area contributed by atoms with Crippen LogP contribution in [-0.2, 0) is 14.4 Å². The number of nitrogens with zero attached hydrogens (tertiary/aromatic N) is 1. The Morgan fingerprint density at radius 1 is 1.44 bits per heavy atom. The Labute approximate surface area is 100 Å². The molecule has 1 aliphatic rings. The first-order valence-electron chi connectivity index (χ1n) is 4.99. The zero-order valence-electron chi connectivity index (χ0n) is 9.67. The van der Waals surface area contributed by atoms with Crippen molar-refractivity contribution in [2.45, 2.75) is 31.6 Å². The second kappa shape index (κ2) is 4.23. The summed E-state index contributed by atoms with van der Waals surface area (Å²) in [5, 5.41) is 1.91. The molecule has 1 fully saturated rings. The molecule has 0 radical (unpaired) electrons. The summed E-state index contributed by atoms with van der Waals surface area (Å²) in [5.41, 5.74) is 1.82. The van der Waals surface area contributed by atoms with Crippen LogP contribution in [0.25, 0.3) is 0 Å². The number of carbonyl (C=O) groups excluding carboxylic acids is 3. The number of rotatable bonds is 1. The predicted octanol–water partition coefficient (Wildman–Crippen LogP) is -0.860. The number of hydrogen-bond acceptors (Lipinski definition) is 4. The maximum absolute atomic E-state index is 12.6. The Morgan fingerprint density at radius 2 is 1.94 bits per heavy atom. The lowest BCUT2D eigenvalue weighted by molar-refractivity contribution is -0.196. The standard InChI is InChI=1S/C9H12F3N3O3/c1-4-6(17)14-5(16)3-15(4)7(18)8(2,13)9(10,11)12/h4H,3,13H2,1-2H3,(H,14,16,17). The van der Waals surface area contributed by atoms with Gasteiger partial charge in [0, 0.05) is 0 Å². The van der Waals surface area contributed by atoms with Crippen LogP contribution in [-0.4, -0.2) is 46.9 Å². The summed E-state index contributed by atoms with van der Waals surface area (Å²) in [6, 6.07) is -1.18. The average Bonchev–Trinajstić information content (AvgIpc) is 2.20.